The number of halogens is 3. The first-order chi connectivity index (χ1) is 20.5. The molecule has 5 rings (SSSR count). The van der Waals surface area contributed by atoms with Crippen molar-refractivity contribution in [2.24, 2.45) is 5.73 Å². The van der Waals surface area contributed by atoms with Gasteiger partial charge in [0.2, 0.25) is 5.91 Å². The molecule has 11 heteroatoms. The number of nitrogens with two attached hydrogens (primary N) is 1. The van der Waals surface area contributed by atoms with Crippen LogP contribution in [-0.2, 0) is 11.0 Å². The number of methoxy groups -OCH3 is 1. The zero-order valence-electron chi connectivity index (χ0n) is 24.3. The van der Waals surface area contributed by atoms with Gasteiger partial charge >= 0.3 is 6.18 Å². The van der Waals surface area contributed by atoms with Gasteiger partial charge in [0.1, 0.15) is 6.33 Å². The van der Waals surface area contributed by atoms with Gasteiger partial charge in [-0.05, 0) is 49.8 Å². The monoisotopic (exact) mass is 593 g/mol. The zero-order chi connectivity index (χ0) is 30.7. The SMILES string of the molecule is COc1cc2c(-c3ccc(C(C(N)=O)c4ccc(C(F)(F)F)cc4)cc3)ncnc2cc1OCCCN1CC(N(C)C)C1. The maximum Gasteiger partial charge on any atom is 0.416 e. The fourth-order valence-corrected chi connectivity index (χ4v) is 5.31. The number of primary amides is 1. The molecule has 8 nitrogen and oxygen atoms in total. The summed E-state index contributed by atoms with van der Waals surface area (Å²) in [6, 6.07) is 15.8. The van der Waals surface area contributed by atoms with Crippen molar-refractivity contribution in [3.63, 3.8) is 0 Å². The van der Waals surface area contributed by atoms with Crippen molar-refractivity contribution in [1.29, 1.82) is 0 Å². The first kappa shape index (κ1) is 30.2. The van der Waals surface area contributed by atoms with E-state index in [1.807, 2.05) is 12.1 Å². The van der Waals surface area contributed by atoms with Crippen molar-refractivity contribution in [2.45, 2.75) is 24.6 Å². The molecule has 0 aliphatic carbocycles. The van der Waals surface area contributed by atoms with Gasteiger partial charge in [-0.15, -0.1) is 0 Å². The van der Waals surface area contributed by atoms with Crippen molar-refractivity contribution < 1.29 is 27.4 Å². The molecule has 4 aromatic rings. The Kier molecular flexibility index (Phi) is 8.84. The van der Waals surface area contributed by atoms with Gasteiger partial charge in [-0.25, -0.2) is 9.97 Å². The molecule has 43 heavy (non-hydrogen) atoms. The summed E-state index contributed by atoms with van der Waals surface area (Å²) in [5.41, 5.74) is 7.90. The zero-order valence-corrected chi connectivity index (χ0v) is 24.3. The highest BCUT2D eigenvalue weighted by Crippen LogP contribution is 2.37. The standard InChI is InChI=1S/C32H34F3N5O3/c1-39(2)24-17-40(18-24)13-4-14-43-28-16-26-25(15-27(28)42-3)30(38-19-37-26)22-7-5-20(6-8-22)29(31(36)41)21-9-11-23(12-10-21)32(33,34)35/h5-12,15-16,19,24,29H,4,13-14,17-18H2,1-3H3,(H2,36,41). The Morgan fingerprint density at radius 3 is 2.26 bits per heavy atom. The van der Waals surface area contributed by atoms with Gasteiger partial charge < -0.3 is 20.1 Å². The third-order valence-electron chi connectivity index (χ3n) is 7.84. The molecule has 1 aromatic heterocycles. The molecule has 1 fully saturated rings. The van der Waals surface area contributed by atoms with E-state index in [2.05, 4.69) is 33.9 Å². The molecule has 1 saturated heterocycles. The predicted octanol–water partition coefficient (Wildman–Crippen LogP) is 4.96. The van der Waals surface area contributed by atoms with Crippen LogP contribution in [0.1, 0.15) is 29.0 Å². The summed E-state index contributed by atoms with van der Waals surface area (Å²) in [5, 5.41) is 0.754. The number of likely N-dealkylation sites (tertiary alicyclic amines) is 1. The number of rotatable bonds is 11. The van der Waals surface area contributed by atoms with Crippen molar-refractivity contribution in [3.05, 3.63) is 83.7 Å². The summed E-state index contributed by atoms with van der Waals surface area (Å²) in [6.07, 6.45) is -2.11. The number of carbonyl (C=O) groups excluding carboxylic acids is 1. The lowest BCUT2D eigenvalue weighted by molar-refractivity contribution is -0.137. The van der Waals surface area contributed by atoms with Crippen LogP contribution >= 0.6 is 0 Å². The highest BCUT2D eigenvalue weighted by atomic mass is 19.4. The number of ether oxygens (including phenoxy) is 2. The first-order valence-corrected chi connectivity index (χ1v) is 14.0. The fraction of sp³-hybridized carbons (Fsp3) is 0.344. The van der Waals surface area contributed by atoms with Crippen LogP contribution in [-0.4, -0.2) is 79.2 Å². The van der Waals surface area contributed by atoms with Crippen LogP contribution in [0.15, 0.2) is 67.0 Å². The minimum absolute atomic E-state index is 0.376. The van der Waals surface area contributed by atoms with Crippen LogP contribution in [0.3, 0.4) is 0 Å². The first-order valence-electron chi connectivity index (χ1n) is 14.0. The number of hydrogen-bond acceptors (Lipinski definition) is 7. The fourth-order valence-electron chi connectivity index (χ4n) is 5.31. The van der Waals surface area contributed by atoms with E-state index in [0.717, 1.165) is 49.1 Å². The number of carbonyl (C=O) groups is 1. The number of benzene rings is 3. The number of hydrogen-bond donors (Lipinski definition) is 1. The molecule has 0 radical (unpaired) electrons. The van der Waals surface area contributed by atoms with Gasteiger partial charge in [0.05, 0.1) is 36.4 Å². The van der Waals surface area contributed by atoms with E-state index in [1.165, 1.54) is 18.5 Å². The van der Waals surface area contributed by atoms with Crippen molar-refractivity contribution in [3.8, 4) is 22.8 Å². The van der Waals surface area contributed by atoms with E-state index < -0.39 is 23.6 Å². The Hall–Kier alpha value is -4.22. The molecule has 0 saturated carbocycles. The number of amides is 1. The number of alkyl halides is 3. The van der Waals surface area contributed by atoms with Gasteiger partial charge in [-0.1, -0.05) is 36.4 Å². The second-order valence-electron chi connectivity index (χ2n) is 10.9. The Morgan fingerprint density at radius 2 is 1.67 bits per heavy atom. The molecule has 1 unspecified atom stereocenters. The van der Waals surface area contributed by atoms with Gasteiger partial charge in [-0.3, -0.25) is 9.69 Å². The lowest BCUT2D eigenvalue weighted by Crippen LogP contribution is -2.57. The summed E-state index contributed by atoms with van der Waals surface area (Å²) in [7, 11) is 5.79. The molecule has 0 bridgehead atoms. The summed E-state index contributed by atoms with van der Waals surface area (Å²) < 4.78 is 50.7. The smallest absolute Gasteiger partial charge is 0.416 e. The van der Waals surface area contributed by atoms with Gasteiger partial charge in [0, 0.05) is 42.7 Å². The van der Waals surface area contributed by atoms with Gasteiger partial charge in [0.15, 0.2) is 11.5 Å². The molecule has 226 valence electrons. The van der Waals surface area contributed by atoms with E-state index in [1.54, 1.807) is 31.4 Å². The molecule has 2 heterocycles. The van der Waals surface area contributed by atoms with Crippen LogP contribution < -0.4 is 15.2 Å². The molecular formula is C32H34F3N5O3. The minimum Gasteiger partial charge on any atom is -0.493 e. The molecule has 2 N–H and O–H groups in total. The van der Waals surface area contributed by atoms with Crippen LogP contribution in [0.25, 0.3) is 22.2 Å². The second-order valence-corrected chi connectivity index (χ2v) is 10.9. The summed E-state index contributed by atoms with van der Waals surface area (Å²) >= 11 is 0. The van der Waals surface area contributed by atoms with Gasteiger partial charge in [-0.2, -0.15) is 13.2 Å². The average molecular weight is 594 g/mol. The molecular weight excluding hydrogens is 559 g/mol. The molecule has 3 aromatic carbocycles. The minimum atomic E-state index is -4.47. The largest absolute Gasteiger partial charge is 0.493 e. The Bertz CT molecular complexity index is 1570. The van der Waals surface area contributed by atoms with E-state index in [4.69, 9.17) is 15.2 Å². The lowest BCUT2D eigenvalue weighted by Gasteiger charge is -2.42. The normalized spacial score (nSPS) is 15.0. The summed E-state index contributed by atoms with van der Waals surface area (Å²) in [4.78, 5) is 25.9. The third kappa shape index (κ3) is 6.73. The molecule has 1 aliphatic heterocycles. The van der Waals surface area contributed by atoms with Crippen molar-refractivity contribution in [1.82, 2.24) is 19.8 Å². The highest BCUT2D eigenvalue weighted by molar-refractivity contribution is 5.94. The Balaban J connectivity index is 1.33. The van der Waals surface area contributed by atoms with Crippen molar-refractivity contribution >= 4 is 16.8 Å². The number of nitrogens with zero attached hydrogens (tertiary/aromatic N) is 4. The summed E-state index contributed by atoms with van der Waals surface area (Å²) in [5.74, 6) is -0.410. The maximum absolute atomic E-state index is 13.0. The topological polar surface area (TPSA) is 93.8 Å². The molecule has 1 aliphatic rings. The van der Waals surface area contributed by atoms with Crippen LogP contribution in [0.4, 0.5) is 13.2 Å². The van der Waals surface area contributed by atoms with Crippen LogP contribution in [0.2, 0.25) is 0 Å². The van der Waals surface area contributed by atoms with Crippen molar-refractivity contribution in [2.75, 3.05) is 47.4 Å². The second kappa shape index (κ2) is 12.6. The Morgan fingerprint density at radius 1 is 1.02 bits per heavy atom. The van der Waals surface area contributed by atoms with E-state index >= 15 is 0 Å². The quantitative estimate of drug-likeness (QED) is 0.246. The predicted molar refractivity (Wildman–Crippen MR) is 158 cm³/mol. The molecule has 0 spiro atoms. The van der Waals surface area contributed by atoms with E-state index in [0.29, 0.717) is 46.5 Å². The van der Waals surface area contributed by atoms with Crippen LogP contribution in [0.5, 0.6) is 11.5 Å². The summed E-state index contributed by atoms with van der Waals surface area (Å²) in [6.45, 7) is 3.67. The van der Waals surface area contributed by atoms with Gasteiger partial charge in [0.25, 0.3) is 0 Å². The van der Waals surface area contributed by atoms with E-state index in [-0.39, 0.29) is 0 Å². The number of fused-ring (bicyclic) bond motifs is 1. The molecule has 1 atom stereocenters. The van der Waals surface area contributed by atoms with E-state index in [9.17, 15) is 18.0 Å². The number of likely N-dealkylation sites (N-methyl/N-ethyl adjacent to an activating group) is 1. The third-order valence-corrected chi connectivity index (χ3v) is 7.84. The Labute approximate surface area is 248 Å². The average Bonchev–Trinajstić information content (AvgIpc) is 2.95. The number of aromatic nitrogens is 2. The highest BCUT2D eigenvalue weighted by Gasteiger charge is 2.31. The molecule has 1 amide bonds. The maximum atomic E-state index is 13.0. The van der Waals surface area contributed by atoms with Crippen LogP contribution in [0, 0.1) is 0 Å². The lowest BCUT2D eigenvalue weighted by atomic mass is 9.89.